The quantitative estimate of drug-likeness (QED) is 0.873. The summed E-state index contributed by atoms with van der Waals surface area (Å²) in [5.41, 5.74) is 7.01. The Morgan fingerprint density at radius 3 is 2.67 bits per heavy atom. The highest BCUT2D eigenvalue weighted by atomic mass is 19.1. The minimum Gasteiger partial charge on any atom is -0.383 e. The summed E-state index contributed by atoms with van der Waals surface area (Å²) in [6.07, 6.45) is 2.96. The number of likely N-dealkylation sites (tertiary alicyclic amines) is 1. The van der Waals surface area contributed by atoms with Gasteiger partial charge in [0.2, 0.25) is 5.91 Å². The Kier molecular flexibility index (Phi) is 4.33. The standard InChI is InChI=1S/C17H19FN4O2/c1-11(23)21-8-2-3-12(10-21)16(24)15-9-20-22(17(15)19)14-6-4-13(18)5-7-14/h4-7,9,12H,2-3,8,10,19H2,1H3/t12-/m1/s1. The number of nitrogens with zero attached hydrogens (tertiary/aromatic N) is 3. The average molecular weight is 330 g/mol. The van der Waals surface area contributed by atoms with Gasteiger partial charge in [-0.2, -0.15) is 5.10 Å². The van der Waals surface area contributed by atoms with Crippen molar-refractivity contribution in [2.45, 2.75) is 19.8 Å². The van der Waals surface area contributed by atoms with Crippen molar-refractivity contribution in [3.05, 3.63) is 41.8 Å². The van der Waals surface area contributed by atoms with Gasteiger partial charge in [0.25, 0.3) is 0 Å². The van der Waals surface area contributed by atoms with E-state index in [0.29, 0.717) is 24.3 Å². The Morgan fingerprint density at radius 1 is 1.29 bits per heavy atom. The number of halogens is 1. The topological polar surface area (TPSA) is 81.2 Å². The second-order valence-electron chi connectivity index (χ2n) is 6.00. The molecular formula is C17H19FN4O2. The van der Waals surface area contributed by atoms with E-state index in [4.69, 9.17) is 5.73 Å². The van der Waals surface area contributed by atoms with Crippen molar-refractivity contribution in [2.24, 2.45) is 5.92 Å². The van der Waals surface area contributed by atoms with Crippen molar-refractivity contribution in [1.29, 1.82) is 0 Å². The van der Waals surface area contributed by atoms with Crippen molar-refractivity contribution in [3.8, 4) is 5.69 Å². The molecular weight excluding hydrogens is 311 g/mol. The lowest BCUT2D eigenvalue weighted by Crippen LogP contribution is -2.41. The predicted molar refractivity (Wildman–Crippen MR) is 87.2 cm³/mol. The first-order valence-electron chi connectivity index (χ1n) is 7.86. The van der Waals surface area contributed by atoms with Crippen LogP contribution in [-0.4, -0.2) is 39.5 Å². The molecule has 7 heteroatoms. The van der Waals surface area contributed by atoms with E-state index in [1.54, 1.807) is 17.0 Å². The lowest BCUT2D eigenvalue weighted by atomic mass is 9.91. The third kappa shape index (κ3) is 3.02. The van der Waals surface area contributed by atoms with Crippen molar-refractivity contribution in [2.75, 3.05) is 18.8 Å². The van der Waals surface area contributed by atoms with E-state index in [0.717, 1.165) is 12.8 Å². The molecule has 0 spiro atoms. The zero-order valence-corrected chi connectivity index (χ0v) is 13.4. The molecule has 0 bridgehead atoms. The van der Waals surface area contributed by atoms with Crippen LogP contribution in [0.15, 0.2) is 30.5 Å². The molecule has 0 radical (unpaired) electrons. The van der Waals surface area contributed by atoms with Gasteiger partial charge in [0.05, 0.1) is 17.4 Å². The van der Waals surface area contributed by atoms with Crippen LogP contribution in [0.2, 0.25) is 0 Å². The molecule has 1 fully saturated rings. The number of nitrogen functional groups attached to an aromatic ring is 1. The number of hydrogen-bond acceptors (Lipinski definition) is 4. The maximum atomic E-state index is 13.0. The number of Topliss-reactive ketones (excluding diaryl/α,β-unsaturated/α-hetero) is 1. The summed E-state index contributed by atoms with van der Waals surface area (Å²) in [6, 6.07) is 5.71. The summed E-state index contributed by atoms with van der Waals surface area (Å²) in [5.74, 6) is -0.524. The van der Waals surface area contributed by atoms with E-state index in [1.807, 2.05) is 0 Å². The summed E-state index contributed by atoms with van der Waals surface area (Å²) in [4.78, 5) is 26.0. The smallest absolute Gasteiger partial charge is 0.219 e. The number of carbonyl (C=O) groups is 2. The number of rotatable bonds is 3. The predicted octanol–water partition coefficient (Wildman–Crippen LogP) is 2.03. The van der Waals surface area contributed by atoms with Crippen LogP contribution in [0.5, 0.6) is 0 Å². The van der Waals surface area contributed by atoms with Crippen molar-refractivity contribution >= 4 is 17.5 Å². The SMILES string of the molecule is CC(=O)N1CCC[C@@H](C(=O)c2cnn(-c3ccc(F)cc3)c2N)C1. The molecule has 2 heterocycles. The molecule has 0 unspecified atom stereocenters. The fourth-order valence-electron chi connectivity index (χ4n) is 3.03. The monoisotopic (exact) mass is 330 g/mol. The van der Waals surface area contributed by atoms with Gasteiger partial charge in [-0.1, -0.05) is 0 Å². The minimum atomic E-state index is -0.354. The number of aromatic nitrogens is 2. The Hall–Kier alpha value is -2.70. The molecule has 1 amide bonds. The number of hydrogen-bond donors (Lipinski definition) is 1. The van der Waals surface area contributed by atoms with E-state index in [-0.39, 0.29) is 29.2 Å². The van der Waals surface area contributed by atoms with E-state index in [2.05, 4.69) is 5.10 Å². The number of nitrogens with two attached hydrogens (primary N) is 1. The molecule has 3 rings (SSSR count). The molecule has 24 heavy (non-hydrogen) atoms. The minimum absolute atomic E-state index is 0.0255. The highest BCUT2D eigenvalue weighted by Crippen LogP contribution is 2.25. The van der Waals surface area contributed by atoms with Gasteiger partial charge in [0.15, 0.2) is 5.78 Å². The fourth-order valence-corrected chi connectivity index (χ4v) is 3.03. The van der Waals surface area contributed by atoms with E-state index < -0.39 is 0 Å². The lowest BCUT2D eigenvalue weighted by Gasteiger charge is -2.31. The number of benzene rings is 1. The van der Waals surface area contributed by atoms with Gasteiger partial charge in [-0.25, -0.2) is 9.07 Å². The van der Waals surface area contributed by atoms with E-state index >= 15 is 0 Å². The highest BCUT2D eigenvalue weighted by molar-refractivity contribution is 6.02. The summed E-state index contributed by atoms with van der Waals surface area (Å²) >= 11 is 0. The second kappa shape index (κ2) is 6.43. The Labute approximate surface area is 139 Å². The summed E-state index contributed by atoms with van der Waals surface area (Å²) in [6.45, 7) is 2.60. The molecule has 1 aromatic carbocycles. The van der Waals surface area contributed by atoms with Crippen molar-refractivity contribution in [1.82, 2.24) is 14.7 Å². The average Bonchev–Trinajstić information content (AvgIpc) is 2.96. The van der Waals surface area contributed by atoms with Gasteiger partial charge in [-0.3, -0.25) is 9.59 Å². The van der Waals surface area contributed by atoms with Crippen molar-refractivity contribution < 1.29 is 14.0 Å². The van der Waals surface area contributed by atoms with Gasteiger partial charge < -0.3 is 10.6 Å². The molecule has 0 saturated carbocycles. The normalized spacial score (nSPS) is 17.8. The van der Waals surface area contributed by atoms with Gasteiger partial charge in [-0.15, -0.1) is 0 Å². The first-order valence-corrected chi connectivity index (χ1v) is 7.86. The van der Waals surface area contributed by atoms with Gasteiger partial charge in [0, 0.05) is 25.9 Å². The van der Waals surface area contributed by atoms with Crippen LogP contribution < -0.4 is 5.73 Å². The Bertz CT molecular complexity index is 769. The molecule has 1 saturated heterocycles. The van der Waals surface area contributed by atoms with Crippen molar-refractivity contribution in [3.63, 3.8) is 0 Å². The number of piperidine rings is 1. The second-order valence-corrected chi connectivity index (χ2v) is 6.00. The molecule has 1 atom stereocenters. The van der Waals surface area contributed by atoms with Crippen LogP contribution in [0, 0.1) is 11.7 Å². The van der Waals surface area contributed by atoms with Crippen LogP contribution in [0.1, 0.15) is 30.1 Å². The summed E-state index contributed by atoms with van der Waals surface area (Å²) in [7, 11) is 0. The number of amides is 1. The third-order valence-corrected chi connectivity index (χ3v) is 4.38. The third-order valence-electron chi connectivity index (χ3n) is 4.38. The lowest BCUT2D eigenvalue weighted by molar-refractivity contribution is -0.130. The molecule has 6 nitrogen and oxygen atoms in total. The Morgan fingerprint density at radius 2 is 2.00 bits per heavy atom. The van der Waals surface area contributed by atoms with Crippen LogP contribution >= 0.6 is 0 Å². The maximum absolute atomic E-state index is 13.0. The van der Waals surface area contributed by atoms with E-state index in [9.17, 15) is 14.0 Å². The van der Waals surface area contributed by atoms with Gasteiger partial charge in [0.1, 0.15) is 11.6 Å². The Balaban J connectivity index is 1.83. The largest absolute Gasteiger partial charge is 0.383 e. The highest BCUT2D eigenvalue weighted by Gasteiger charge is 2.30. The molecule has 2 N–H and O–H groups in total. The number of anilines is 1. The number of ketones is 1. The molecule has 1 aromatic heterocycles. The van der Waals surface area contributed by atoms with Crippen LogP contribution in [-0.2, 0) is 4.79 Å². The molecule has 0 aliphatic carbocycles. The zero-order chi connectivity index (χ0) is 17.3. The van der Waals surface area contributed by atoms with Gasteiger partial charge in [-0.05, 0) is 37.1 Å². The maximum Gasteiger partial charge on any atom is 0.219 e. The molecule has 2 aromatic rings. The number of carbonyl (C=O) groups excluding carboxylic acids is 2. The van der Waals surface area contributed by atoms with Crippen LogP contribution in [0.4, 0.5) is 10.2 Å². The zero-order valence-electron chi connectivity index (χ0n) is 13.4. The fraction of sp³-hybridized carbons (Fsp3) is 0.353. The summed E-state index contributed by atoms with van der Waals surface area (Å²) < 4.78 is 14.4. The molecule has 1 aliphatic rings. The molecule has 126 valence electrons. The first kappa shape index (κ1) is 16.2. The van der Waals surface area contributed by atoms with Gasteiger partial charge >= 0.3 is 0 Å². The first-order chi connectivity index (χ1) is 11.5. The molecule has 1 aliphatic heterocycles. The summed E-state index contributed by atoms with van der Waals surface area (Å²) in [5, 5.41) is 4.15. The van der Waals surface area contributed by atoms with E-state index in [1.165, 1.54) is 29.9 Å². The van der Waals surface area contributed by atoms with Crippen LogP contribution in [0.25, 0.3) is 5.69 Å². The van der Waals surface area contributed by atoms with Crippen LogP contribution in [0.3, 0.4) is 0 Å².